The number of hydrogen-bond donors (Lipinski definition) is 1. The number of carbonyl (C=O) groups is 4. The number of amides is 2. The molecule has 4 rings (SSSR count). The highest BCUT2D eigenvalue weighted by Crippen LogP contribution is 2.40. The highest BCUT2D eigenvalue weighted by atomic mass is 32.2. The lowest BCUT2D eigenvalue weighted by Gasteiger charge is -2.32. The first-order chi connectivity index (χ1) is 17.9. The lowest BCUT2D eigenvalue weighted by Crippen LogP contribution is -2.44. The van der Waals surface area contributed by atoms with Crippen molar-refractivity contribution in [3.8, 4) is 6.07 Å². The minimum Gasteiger partial charge on any atom is -0.468 e. The lowest BCUT2D eigenvalue weighted by atomic mass is 9.78. The van der Waals surface area contributed by atoms with Gasteiger partial charge in [0.2, 0.25) is 11.8 Å². The highest BCUT2D eigenvalue weighted by molar-refractivity contribution is 8.03. The number of allylic oxidation sites excluding steroid dienone is 1. The first kappa shape index (κ1) is 26.0. The van der Waals surface area contributed by atoms with Crippen LogP contribution in [0.15, 0.2) is 59.1 Å². The van der Waals surface area contributed by atoms with E-state index in [4.69, 9.17) is 9.47 Å². The van der Waals surface area contributed by atoms with Crippen LogP contribution in [0.3, 0.4) is 0 Å². The van der Waals surface area contributed by atoms with Crippen molar-refractivity contribution in [1.82, 2.24) is 10.2 Å². The number of nitrogens with one attached hydrogen (secondary N) is 1. The zero-order chi connectivity index (χ0) is 26.5. The van der Waals surface area contributed by atoms with Crippen molar-refractivity contribution in [3.05, 3.63) is 81.4 Å². The zero-order valence-electron chi connectivity index (χ0n) is 20.4. The Bertz CT molecular complexity index is 1310. The normalized spacial score (nSPS) is 18.8. The second-order valence-electron chi connectivity index (χ2n) is 8.56. The van der Waals surface area contributed by atoms with Gasteiger partial charge in [-0.3, -0.25) is 14.4 Å². The number of esters is 2. The maximum Gasteiger partial charge on any atom is 0.337 e. The highest BCUT2D eigenvalue weighted by Gasteiger charge is 2.44. The summed E-state index contributed by atoms with van der Waals surface area (Å²) in [6, 6.07) is 16.2. The summed E-state index contributed by atoms with van der Waals surface area (Å²) in [5, 5.41) is 12.9. The Morgan fingerprint density at radius 3 is 2.43 bits per heavy atom. The molecule has 2 aliphatic rings. The van der Waals surface area contributed by atoms with Crippen LogP contribution in [0.25, 0.3) is 0 Å². The fraction of sp³-hybridized carbons (Fsp3) is 0.296. The van der Waals surface area contributed by atoms with Crippen molar-refractivity contribution >= 4 is 35.5 Å². The molecule has 0 saturated heterocycles. The van der Waals surface area contributed by atoms with E-state index in [2.05, 4.69) is 17.5 Å². The summed E-state index contributed by atoms with van der Waals surface area (Å²) in [4.78, 5) is 52.2. The van der Waals surface area contributed by atoms with E-state index in [1.807, 2.05) is 18.2 Å². The van der Waals surface area contributed by atoms with Crippen LogP contribution in [0.1, 0.15) is 33.0 Å². The smallest absolute Gasteiger partial charge is 0.337 e. The third-order valence-electron chi connectivity index (χ3n) is 6.50. The van der Waals surface area contributed by atoms with Crippen LogP contribution in [0.4, 0.5) is 0 Å². The quantitative estimate of drug-likeness (QED) is 0.456. The lowest BCUT2D eigenvalue weighted by molar-refractivity contribution is -0.150. The standard InChI is InChI=1S/C27H25N3O6S/c1-35-26(33)18-9-7-17(8-10-18)22-20(13-28)25(29-24(32)23(22)27(34)36-2)37-15-21(31)30-12-11-16-5-3-4-6-19(16)14-30/h3-10,22-23H,11-12,14-15H2,1-2H3,(H,29,32)/t22-,23+/m0/s1. The molecule has 2 aromatic carbocycles. The molecular formula is C27H25N3O6S. The summed E-state index contributed by atoms with van der Waals surface area (Å²) in [5.41, 5.74) is 3.23. The number of benzene rings is 2. The van der Waals surface area contributed by atoms with E-state index in [0.29, 0.717) is 18.7 Å². The van der Waals surface area contributed by atoms with Crippen LogP contribution in [-0.2, 0) is 36.8 Å². The Morgan fingerprint density at radius 2 is 1.78 bits per heavy atom. The van der Waals surface area contributed by atoms with Gasteiger partial charge >= 0.3 is 11.9 Å². The molecule has 0 spiro atoms. The van der Waals surface area contributed by atoms with Crippen molar-refractivity contribution in [2.75, 3.05) is 26.5 Å². The number of nitrogens with zero attached hydrogens (tertiary/aromatic N) is 2. The monoisotopic (exact) mass is 519 g/mol. The summed E-state index contributed by atoms with van der Waals surface area (Å²) in [7, 11) is 2.43. The molecule has 2 aromatic rings. The zero-order valence-corrected chi connectivity index (χ0v) is 21.2. The minimum absolute atomic E-state index is 0.0137. The van der Waals surface area contributed by atoms with E-state index in [0.717, 1.165) is 23.7 Å². The van der Waals surface area contributed by atoms with Crippen LogP contribution in [0.5, 0.6) is 0 Å². The van der Waals surface area contributed by atoms with Gasteiger partial charge in [-0.05, 0) is 35.2 Å². The first-order valence-corrected chi connectivity index (χ1v) is 12.5. The van der Waals surface area contributed by atoms with Crippen molar-refractivity contribution in [3.63, 3.8) is 0 Å². The Hall–Kier alpha value is -4.10. The van der Waals surface area contributed by atoms with Crippen LogP contribution < -0.4 is 5.32 Å². The Labute approximate surface area is 218 Å². The van der Waals surface area contributed by atoms with E-state index >= 15 is 0 Å². The molecular weight excluding hydrogens is 494 g/mol. The van der Waals surface area contributed by atoms with Gasteiger partial charge in [0.15, 0.2) is 0 Å². The maximum atomic E-state index is 13.0. The first-order valence-electron chi connectivity index (χ1n) is 11.6. The fourth-order valence-electron chi connectivity index (χ4n) is 4.56. The molecule has 0 bridgehead atoms. The molecule has 0 unspecified atom stereocenters. The van der Waals surface area contributed by atoms with Gasteiger partial charge < -0.3 is 19.7 Å². The summed E-state index contributed by atoms with van der Waals surface area (Å²) >= 11 is 1.06. The molecule has 0 aliphatic carbocycles. The second-order valence-corrected chi connectivity index (χ2v) is 9.54. The van der Waals surface area contributed by atoms with Crippen LogP contribution in [-0.4, -0.2) is 55.2 Å². The Balaban J connectivity index is 1.59. The molecule has 2 heterocycles. The van der Waals surface area contributed by atoms with Gasteiger partial charge in [0.05, 0.1) is 42.2 Å². The number of thioether (sulfide) groups is 1. The van der Waals surface area contributed by atoms with Gasteiger partial charge in [-0.15, -0.1) is 0 Å². The molecule has 190 valence electrons. The second kappa shape index (κ2) is 11.3. The predicted octanol–water partition coefficient (Wildman–Crippen LogP) is 2.53. The van der Waals surface area contributed by atoms with E-state index in [-0.39, 0.29) is 27.8 Å². The number of carbonyl (C=O) groups excluding carboxylic acids is 4. The third kappa shape index (κ3) is 5.37. The van der Waals surface area contributed by atoms with Gasteiger partial charge in [-0.25, -0.2) is 4.79 Å². The average Bonchev–Trinajstić information content (AvgIpc) is 2.94. The van der Waals surface area contributed by atoms with Crippen LogP contribution in [0, 0.1) is 17.2 Å². The number of hydrogen-bond acceptors (Lipinski definition) is 8. The molecule has 2 atom stereocenters. The number of methoxy groups -OCH3 is 2. The van der Waals surface area contributed by atoms with Gasteiger partial charge in [0, 0.05) is 19.0 Å². The van der Waals surface area contributed by atoms with E-state index in [1.165, 1.54) is 31.9 Å². The van der Waals surface area contributed by atoms with Gasteiger partial charge in [-0.2, -0.15) is 5.26 Å². The van der Waals surface area contributed by atoms with Gasteiger partial charge in [0.1, 0.15) is 5.92 Å². The molecule has 0 saturated carbocycles. The van der Waals surface area contributed by atoms with Gasteiger partial charge in [-0.1, -0.05) is 48.2 Å². The molecule has 0 radical (unpaired) electrons. The Kier molecular flexibility index (Phi) is 7.94. The molecule has 37 heavy (non-hydrogen) atoms. The molecule has 1 N–H and O–H groups in total. The van der Waals surface area contributed by atoms with Crippen LogP contribution in [0.2, 0.25) is 0 Å². The predicted molar refractivity (Wildman–Crippen MR) is 135 cm³/mol. The van der Waals surface area contributed by atoms with Gasteiger partial charge in [0.25, 0.3) is 0 Å². The molecule has 2 amide bonds. The summed E-state index contributed by atoms with van der Waals surface area (Å²) in [6.45, 7) is 1.10. The molecule has 10 heteroatoms. The maximum absolute atomic E-state index is 13.0. The third-order valence-corrected chi connectivity index (χ3v) is 7.50. The van der Waals surface area contributed by atoms with E-state index in [1.54, 1.807) is 17.0 Å². The summed E-state index contributed by atoms with van der Waals surface area (Å²) < 4.78 is 9.57. The SMILES string of the molecule is COC(=O)c1ccc([C@H]2C(C#N)=C(SCC(=O)N3CCc4ccccc4C3)NC(=O)[C@@H]2C(=O)OC)cc1. The summed E-state index contributed by atoms with van der Waals surface area (Å²) in [5.74, 6) is -4.31. The van der Waals surface area contributed by atoms with Crippen molar-refractivity contribution in [2.24, 2.45) is 5.92 Å². The number of rotatable bonds is 6. The minimum atomic E-state index is -1.30. The number of ether oxygens (including phenoxy) is 2. The number of nitriles is 1. The number of fused-ring (bicyclic) bond motifs is 1. The fourth-order valence-corrected chi connectivity index (χ4v) is 5.51. The topological polar surface area (TPSA) is 126 Å². The van der Waals surface area contributed by atoms with Crippen LogP contribution >= 0.6 is 11.8 Å². The Morgan fingerprint density at radius 1 is 1.08 bits per heavy atom. The molecule has 2 aliphatic heterocycles. The summed E-state index contributed by atoms with van der Waals surface area (Å²) in [6.07, 6.45) is 0.764. The van der Waals surface area contributed by atoms with Crippen molar-refractivity contribution in [1.29, 1.82) is 5.26 Å². The van der Waals surface area contributed by atoms with Crippen molar-refractivity contribution < 1.29 is 28.7 Å². The molecule has 0 fully saturated rings. The van der Waals surface area contributed by atoms with E-state index in [9.17, 15) is 24.4 Å². The molecule has 0 aromatic heterocycles. The largest absolute Gasteiger partial charge is 0.468 e. The molecule has 9 nitrogen and oxygen atoms in total. The van der Waals surface area contributed by atoms with E-state index < -0.39 is 29.7 Å². The van der Waals surface area contributed by atoms with Crippen molar-refractivity contribution in [2.45, 2.75) is 18.9 Å². The average molecular weight is 520 g/mol.